The summed E-state index contributed by atoms with van der Waals surface area (Å²) in [5.41, 5.74) is 8.33. The highest BCUT2D eigenvalue weighted by atomic mass is 32.1. The summed E-state index contributed by atoms with van der Waals surface area (Å²) >= 11 is 1.48. The van der Waals surface area contributed by atoms with Crippen LogP contribution in [0.1, 0.15) is 27.7 Å². The molecule has 4 heteroatoms. The number of thiophene rings is 1. The van der Waals surface area contributed by atoms with Gasteiger partial charge in [-0.2, -0.15) is 0 Å². The molecular formula is C17H16N2OS. The minimum Gasteiger partial charge on any atom is -0.320 e. The molecule has 0 aliphatic carbocycles. The number of nitrogens with two attached hydrogens (primary N) is 1. The third kappa shape index (κ3) is 2.58. The average molecular weight is 296 g/mol. The Morgan fingerprint density at radius 3 is 3.10 bits per heavy atom. The fraction of sp³-hybridized carbons (Fsp3) is 0.235. The van der Waals surface area contributed by atoms with E-state index in [1.807, 2.05) is 34.5 Å². The van der Waals surface area contributed by atoms with Crippen molar-refractivity contribution in [2.45, 2.75) is 19.4 Å². The number of para-hydroxylation sites is 1. The molecular weight excluding hydrogens is 280 g/mol. The van der Waals surface area contributed by atoms with Crippen molar-refractivity contribution in [1.29, 1.82) is 0 Å². The van der Waals surface area contributed by atoms with Gasteiger partial charge >= 0.3 is 0 Å². The standard InChI is InChI=1S/C17H16N2OS/c1-12-9-13-5-2-3-7-16(13)19(12)17(20)14-10-15(21-11-14)6-4-8-18/h2-3,5,7,10-12H,8-9,18H2,1H3. The Labute approximate surface area is 128 Å². The largest absolute Gasteiger partial charge is 0.320 e. The Bertz CT molecular complexity index is 738. The van der Waals surface area contributed by atoms with Crippen molar-refractivity contribution in [3.05, 3.63) is 51.7 Å². The summed E-state index contributed by atoms with van der Waals surface area (Å²) < 4.78 is 0. The van der Waals surface area contributed by atoms with Crippen molar-refractivity contribution in [2.24, 2.45) is 5.73 Å². The van der Waals surface area contributed by atoms with Crippen molar-refractivity contribution in [3.8, 4) is 11.8 Å². The lowest BCUT2D eigenvalue weighted by Crippen LogP contribution is -2.35. The molecule has 2 heterocycles. The van der Waals surface area contributed by atoms with E-state index in [9.17, 15) is 4.79 Å². The van der Waals surface area contributed by atoms with Crippen molar-refractivity contribution >= 4 is 22.9 Å². The van der Waals surface area contributed by atoms with Crippen LogP contribution in [0.15, 0.2) is 35.7 Å². The van der Waals surface area contributed by atoms with Crippen LogP contribution in [0.5, 0.6) is 0 Å². The average Bonchev–Trinajstić information content (AvgIpc) is 3.07. The molecule has 3 rings (SSSR count). The maximum atomic E-state index is 12.8. The van der Waals surface area contributed by atoms with E-state index in [1.165, 1.54) is 16.9 Å². The second kappa shape index (κ2) is 5.72. The van der Waals surface area contributed by atoms with Crippen LogP contribution in [0.25, 0.3) is 0 Å². The molecule has 1 aliphatic heterocycles. The molecule has 1 aromatic heterocycles. The van der Waals surface area contributed by atoms with Crippen LogP contribution in [0.4, 0.5) is 5.69 Å². The molecule has 1 amide bonds. The van der Waals surface area contributed by atoms with Crippen molar-refractivity contribution in [2.75, 3.05) is 11.4 Å². The smallest absolute Gasteiger partial charge is 0.259 e. The first-order chi connectivity index (χ1) is 10.2. The van der Waals surface area contributed by atoms with Gasteiger partial charge < -0.3 is 10.6 Å². The fourth-order valence-corrected chi connectivity index (χ4v) is 3.42. The molecule has 2 N–H and O–H groups in total. The highest BCUT2D eigenvalue weighted by molar-refractivity contribution is 7.10. The highest BCUT2D eigenvalue weighted by Gasteiger charge is 2.31. The molecule has 0 spiro atoms. The molecule has 1 aromatic carbocycles. The first-order valence-electron chi connectivity index (χ1n) is 6.89. The van der Waals surface area contributed by atoms with Gasteiger partial charge in [-0.05, 0) is 31.0 Å². The maximum Gasteiger partial charge on any atom is 0.259 e. The van der Waals surface area contributed by atoms with Gasteiger partial charge in [0.25, 0.3) is 5.91 Å². The zero-order valence-corrected chi connectivity index (χ0v) is 12.6. The van der Waals surface area contributed by atoms with Gasteiger partial charge in [-0.25, -0.2) is 0 Å². The number of carbonyl (C=O) groups excluding carboxylic acids is 1. The van der Waals surface area contributed by atoms with Gasteiger partial charge in [-0.15, -0.1) is 11.3 Å². The monoisotopic (exact) mass is 296 g/mol. The van der Waals surface area contributed by atoms with Gasteiger partial charge in [0.1, 0.15) is 0 Å². The second-order valence-electron chi connectivity index (χ2n) is 5.06. The number of carbonyl (C=O) groups is 1. The fourth-order valence-electron chi connectivity index (χ4n) is 2.67. The van der Waals surface area contributed by atoms with Gasteiger partial charge in [-0.1, -0.05) is 30.0 Å². The lowest BCUT2D eigenvalue weighted by molar-refractivity contribution is 0.0982. The van der Waals surface area contributed by atoms with Crippen LogP contribution in [-0.2, 0) is 6.42 Å². The van der Waals surface area contributed by atoms with Crippen LogP contribution in [0, 0.1) is 11.8 Å². The number of anilines is 1. The lowest BCUT2D eigenvalue weighted by atomic mass is 10.1. The number of nitrogens with zero attached hydrogens (tertiary/aromatic N) is 1. The normalized spacial score (nSPS) is 16.3. The van der Waals surface area contributed by atoms with E-state index < -0.39 is 0 Å². The Balaban J connectivity index is 1.90. The minimum atomic E-state index is 0.0458. The zero-order chi connectivity index (χ0) is 14.8. The summed E-state index contributed by atoms with van der Waals surface area (Å²) in [6.45, 7) is 2.41. The maximum absolute atomic E-state index is 12.8. The summed E-state index contributed by atoms with van der Waals surface area (Å²) in [6, 6.07) is 10.1. The predicted octanol–water partition coefficient (Wildman–Crippen LogP) is 2.65. The zero-order valence-electron chi connectivity index (χ0n) is 11.8. The molecule has 0 bridgehead atoms. The van der Waals surface area contributed by atoms with Crippen LogP contribution < -0.4 is 10.6 Å². The Hall–Kier alpha value is -2.09. The van der Waals surface area contributed by atoms with Crippen molar-refractivity contribution in [3.63, 3.8) is 0 Å². The van der Waals surface area contributed by atoms with Crippen LogP contribution in [0.2, 0.25) is 0 Å². The molecule has 0 radical (unpaired) electrons. The Morgan fingerprint density at radius 2 is 2.29 bits per heavy atom. The third-order valence-electron chi connectivity index (χ3n) is 3.59. The lowest BCUT2D eigenvalue weighted by Gasteiger charge is -2.22. The predicted molar refractivity (Wildman–Crippen MR) is 86.7 cm³/mol. The van der Waals surface area contributed by atoms with Gasteiger partial charge in [0.2, 0.25) is 0 Å². The number of amides is 1. The van der Waals surface area contributed by atoms with Crippen LogP contribution in [-0.4, -0.2) is 18.5 Å². The summed E-state index contributed by atoms with van der Waals surface area (Å²) in [5, 5.41) is 1.87. The quantitative estimate of drug-likeness (QED) is 0.822. The van der Waals surface area contributed by atoms with E-state index in [-0.39, 0.29) is 11.9 Å². The topological polar surface area (TPSA) is 46.3 Å². The Kier molecular flexibility index (Phi) is 3.78. The van der Waals surface area contributed by atoms with Gasteiger partial charge in [0.15, 0.2) is 0 Å². The number of hydrogen-bond donors (Lipinski definition) is 1. The molecule has 106 valence electrons. The summed E-state index contributed by atoms with van der Waals surface area (Å²) in [5.74, 6) is 5.83. The number of rotatable bonds is 1. The molecule has 2 aromatic rings. The van der Waals surface area contributed by atoms with E-state index in [1.54, 1.807) is 0 Å². The molecule has 1 unspecified atom stereocenters. The summed E-state index contributed by atoms with van der Waals surface area (Å²) in [6.07, 6.45) is 0.909. The molecule has 21 heavy (non-hydrogen) atoms. The van der Waals surface area contributed by atoms with E-state index in [0.717, 1.165) is 17.0 Å². The first kappa shape index (κ1) is 13.9. The SMILES string of the molecule is CC1Cc2ccccc2N1C(=O)c1csc(C#CCN)c1. The van der Waals surface area contributed by atoms with Gasteiger partial charge in [0.05, 0.1) is 17.0 Å². The molecule has 0 saturated carbocycles. The number of benzene rings is 1. The van der Waals surface area contributed by atoms with Gasteiger partial charge in [0, 0.05) is 17.1 Å². The minimum absolute atomic E-state index is 0.0458. The summed E-state index contributed by atoms with van der Waals surface area (Å²) in [4.78, 5) is 15.5. The first-order valence-corrected chi connectivity index (χ1v) is 7.77. The van der Waals surface area contributed by atoms with E-state index in [4.69, 9.17) is 5.73 Å². The number of hydrogen-bond acceptors (Lipinski definition) is 3. The molecule has 1 atom stereocenters. The van der Waals surface area contributed by atoms with Gasteiger partial charge in [-0.3, -0.25) is 4.79 Å². The van der Waals surface area contributed by atoms with E-state index in [2.05, 4.69) is 24.8 Å². The second-order valence-corrected chi connectivity index (χ2v) is 5.97. The molecule has 1 aliphatic rings. The Morgan fingerprint density at radius 1 is 1.48 bits per heavy atom. The van der Waals surface area contributed by atoms with Crippen molar-refractivity contribution in [1.82, 2.24) is 0 Å². The molecule has 3 nitrogen and oxygen atoms in total. The third-order valence-corrected chi connectivity index (χ3v) is 4.43. The van der Waals surface area contributed by atoms with Crippen LogP contribution in [0.3, 0.4) is 0 Å². The van der Waals surface area contributed by atoms with Crippen molar-refractivity contribution < 1.29 is 4.79 Å². The highest BCUT2D eigenvalue weighted by Crippen LogP contribution is 2.33. The van der Waals surface area contributed by atoms with E-state index >= 15 is 0 Å². The molecule has 0 fully saturated rings. The van der Waals surface area contributed by atoms with E-state index in [0.29, 0.717) is 12.1 Å². The van der Waals surface area contributed by atoms with Crippen LogP contribution >= 0.6 is 11.3 Å². The summed E-state index contributed by atoms with van der Waals surface area (Å²) in [7, 11) is 0. The number of fused-ring (bicyclic) bond motifs is 1. The molecule has 0 saturated heterocycles.